The van der Waals surface area contributed by atoms with E-state index in [4.69, 9.17) is 25.3 Å². The summed E-state index contributed by atoms with van der Waals surface area (Å²) in [7, 11) is -2.58. The first-order valence-electron chi connectivity index (χ1n) is 6.35. The van der Waals surface area contributed by atoms with Gasteiger partial charge in [-0.1, -0.05) is 16.8 Å². The van der Waals surface area contributed by atoms with E-state index in [0.717, 1.165) is 0 Å². The molecule has 23 heavy (non-hydrogen) atoms. The van der Waals surface area contributed by atoms with Crippen LogP contribution >= 0.6 is 11.6 Å². The van der Waals surface area contributed by atoms with Crippen LogP contribution in [0.2, 0.25) is 5.02 Å². The van der Waals surface area contributed by atoms with Crippen LogP contribution in [0, 0.1) is 0 Å². The Morgan fingerprint density at radius 3 is 2.78 bits per heavy atom. The number of furan rings is 1. The summed E-state index contributed by atoms with van der Waals surface area (Å²) in [6.07, 6.45) is 2.95. The van der Waals surface area contributed by atoms with Crippen molar-refractivity contribution in [3.63, 3.8) is 0 Å². The molecule has 0 fully saturated rings. The van der Waals surface area contributed by atoms with Crippen molar-refractivity contribution in [3.05, 3.63) is 47.9 Å². The number of sulfonamides is 1. The predicted octanol–water partition coefficient (Wildman–Crippen LogP) is 3.40. The highest BCUT2D eigenvalue weighted by atomic mass is 35.5. The average molecular weight is 355 g/mol. The molecule has 7 nitrogen and oxygen atoms in total. The molecule has 2 heterocycles. The fourth-order valence-electron chi connectivity index (χ4n) is 1.92. The van der Waals surface area contributed by atoms with E-state index in [1.807, 2.05) is 0 Å². The summed E-state index contributed by atoms with van der Waals surface area (Å²) < 4.78 is 42.2. The van der Waals surface area contributed by atoms with Crippen molar-refractivity contribution in [2.75, 3.05) is 11.8 Å². The van der Waals surface area contributed by atoms with Gasteiger partial charge in [0, 0.05) is 16.7 Å². The second-order valence-electron chi connectivity index (χ2n) is 4.49. The van der Waals surface area contributed by atoms with Crippen LogP contribution in [0.5, 0.6) is 5.75 Å². The van der Waals surface area contributed by atoms with Gasteiger partial charge in [0.2, 0.25) is 5.88 Å². The van der Waals surface area contributed by atoms with Gasteiger partial charge in [-0.3, -0.25) is 0 Å². The van der Waals surface area contributed by atoms with Gasteiger partial charge in [-0.2, -0.15) is 0 Å². The van der Waals surface area contributed by atoms with E-state index in [0.29, 0.717) is 11.3 Å². The molecule has 0 saturated heterocycles. The maximum atomic E-state index is 12.5. The number of methoxy groups -OCH3 is 1. The number of rotatable bonds is 5. The maximum absolute atomic E-state index is 12.5. The van der Waals surface area contributed by atoms with Crippen LogP contribution < -0.4 is 9.46 Å². The van der Waals surface area contributed by atoms with Gasteiger partial charge in [0.1, 0.15) is 16.3 Å². The number of nitrogens with zero attached hydrogens (tertiary/aromatic N) is 1. The Balaban J connectivity index is 1.91. The molecule has 0 aliphatic heterocycles. The summed E-state index contributed by atoms with van der Waals surface area (Å²) in [6, 6.07) is 7.41. The van der Waals surface area contributed by atoms with E-state index in [-0.39, 0.29) is 21.6 Å². The second-order valence-corrected chi connectivity index (χ2v) is 6.58. The lowest BCUT2D eigenvalue weighted by atomic mass is 10.2. The lowest BCUT2D eigenvalue weighted by molar-refractivity contribution is 0.402. The van der Waals surface area contributed by atoms with Crippen molar-refractivity contribution >= 4 is 27.5 Å². The number of hydrogen-bond donors (Lipinski definition) is 1. The molecule has 0 unspecified atom stereocenters. The Morgan fingerprint density at radius 2 is 2.09 bits per heavy atom. The van der Waals surface area contributed by atoms with E-state index in [2.05, 4.69) is 9.88 Å². The molecule has 2 aromatic heterocycles. The zero-order valence-electron chi connectivity index (χ0n) is 11.8. The third kappa shape index (κ3) is 3.17. The number of nitrogens with one attached hydrogen (secondary N) is 1. The lowest BCUT2D eigenvalue weighted by Gasteiger charge is -2.09. The van der Waals surface area contributed by atoms with Gasteiger partial charge in [0.15, 0.2) is 0 Å². The molecule has 0 saturated carbocycles. The number of benzene rings is 1. The number of halogens is 1. The van der Waals surface area contributed by atoms with Gasteiger partial charge in [0.05, 0.1) is 19.6 Å². The molecule has 0 aliphatic carbocycles. The summed E-state index contributed by atoms with van der Waals surface area (Å²) >= 11 is 5.86. The smallest absolute Gasteiger partial charge is 0.267 e. The summed E-state index contributed by atoms with van der Waals surface area (Å²) in [5.41, 5.74) is 1.11. The molecule has 9 heteroatoms. The average Bonchev–Trinajstić information content (AvgIpc) is 3.17. The Bertz CT molecular complexity index is 919. The van der Waals surface area contributed by atoms with E-state index in [9.17, 15) is 8.42 Å². The van der Waals surface area contributed by atoms with E-state index in [1.54, 1.807) is 6.07 Å². The van der Waals surface area contributed by atoms with Crippen LogP contribution in [0.3, 0.4) is 0 Å². The zero-order chi connectivity index (χ0) is 16.4. The van der Waals surface area contributed by atoms with E-state index >= 15 is 0 Å². The van der Waals surface area contributed by atoms with Crippen LogP contribution in [0.15, 0.2) is 56.7 Å². The Kier molecular flexibility index (Phi) is 4.01. The standard InChI is InChI=1S/C14H11ClN2O5S/c1-20-12-3-2-10(15)6-13(12)23(18,19)17-14-7-11(16-22-14)9-4-5-21-8-9/h2-8,17H,1H3. The Morgan fingerprint density at radius 1 is 1.26 bits per heavy atom. The van der Waals surface area contributed by atoms with Gasteiger partial charge in [-0.25, -0.2) is 13.1 Å². The molecular formula is C14H11ClN2O5S. The molecule has 1 aromatic carbocycles. The molecule has 0 aliphatic rings. The number of hydrogen-bond acceptors (Lipinski definition) is 6. The Hall–Kier alpha value is -2.45. The van der Waals surface area contributed by atoms with Gasteiger partial charge < -0.3 is 13.7 Å². The number of ether oxygens (including phenoxy) is 1. The van der Waals surface area contributed by atoms with Crippen LogP contribution in [-0.4, -0.2) is 20.7 Å². The molecule has 0 atom stereocenters. The molecule has 3 rings (SSSR count). The minimum Gasteiger partial charge on any atom is -0.495 e. The van der Waals surface area contributed by atoms with Crippen molar-refractivity contribution in [1.29, 1.82) is 0 Å². The first kappa shape index (κ1) is 15.4. The van der Waals surface area contributed by atoms with Gasteiger partial charge in [-0.15, -0.1) is 0 Å². The SMILES string of the molecule is COc1ccc(Cl)cc1S(=O)(=O)Nc1cc(-c2ccoc2)no1. The molecule has 0 amide bonds. The quantitative estimate of drug-likeness (QED) is 0.754. The largest absolute Gasteiger partial charge is 0.495 e. The van der Waals surface area contributed by atoms with Crippen molar-refractivity contribution in [1.82, 2.24) is 5.16 Å². The second kappa shape index (κ2) is 5.98. The fraction of sp³-hybridized carbons (Fsp3) is 0.0714. The summed E-state index contributed by atoms with van der Waals surface area (Å²) in [5, 5.41) is 4.04. The van der Waals surface area contributed by atoms with Crippen LogP contribution in [0.25, 0.3) is 11.3 Å². The van der Waals surface area contributed by atoms with Gasteiger partial charge in [-0.05, 0) is 24.3 Å². The van der Waals surface area contributed by atoms with Gasteiger partial charge >= 0.3 is 0 Å². The van der Waals surface area contributed by atoms with E-state index in [1.165, 1.54) is 43.9 Å². The van der Waals surface area contributed by atoms with Crippen molar-refractivity contribution < 1.29 is 22.1 Å². The van der Waals surface area contributed by atoms with Crippen molar-refractivity contribution in [2.24, 2.45) is 0 Å². The molecule has 120 valence electrons. The highest BCUT2D eigenvalue weighted by molar-refractivity contribution is 7.92. The van der Waals surface area contributed by atoms with Crippen LogP contribution in [0.1, 0.15) is 0 Å². The van der Waals surface area contributed by atoms with Crippen molar-refractivity contribution in [2.45, 2.75) is 4.90 Å². The first-order valence-corrected chi connectivity index (χ1v) is 8.21. The van der Waals surface area contributed by atoms with Gasteiger partial charge in [0.25, 0.3) is 10.0 Å². The summed E-state index contributed by atoms with van der Waals surface area (Å²) in [4.78, 5) is -0.103. The molecule has 0 radical (unpaired) electrons. The monoisotopic (exact) mass is 354 g/mol. The molecule has 0 bridgehead atoms. The highest BCUT2D eigenvalue weighted by Crippen LogP contribution is 2.29. The third-order valence-electron chi connectivity index (χ3n) is 2.98. The minimum atomic E-state index is -3.95. The number of aromatic nitrogens is 1. The summed E-state index contributed by atoms with van der Waals surface area (Å²) in [5.74, 6) is 0.125. The maximum Gasteiger partial charge on any atom is 0.267 e. The first-order chi connectivity index (χ1) is 11.0. The predicted molar refractivity (Wildman–Crippen MR) is 83.0 cm³/mol. The fourth-order valence-corrected chi connectivity index (χ4v) is 3.32. The lowest BCUT2D eigenvalue weighted by Crippen LogP contribution is -2.13. The van der Waals surface area contributed by atoms with Crippen LogP contribution in [-0.2, 0) is 10.0 Å². The highest BCUT2D eigenvalue weighted by Gasteiger charge is 2.22. The topological polar surface area (TPSA) is 94.6 Å². The molecule has 1 N–H and O–H groups in total. The zero-order valence-corrected chi connectivity index (χ0v) is 13.4. The number of anilines is 1. The van der Waals surface area contributed by atoms with Crippen molar-refractivity contribution in [3.8, 4) is 17.0 Å². The third-order valence-corrected chi connectivity index (χ3v) is 4.58. The van der Waals surface area contributed by atoms with E-state index < -0.39 is 10.0 Å². The normalized spacial score (nSPS) is 11.4. The minimum absolute atomic E-state index is 0.0387. The molecule has 0 spiro atoms. The van der Waals surface area contributed by atoms with Crippen LogP contribution in [0.4, 0.5) is 5.88 Å². The summed E-state index contributed by atoms with van der Waals surface area (Å²) in [6.45, 7) is 0. The Labute approximate surface area is 136 Å². The molecular weight excluding hydrogens is 344 g/mol. The molecule has 3 aromatic rings.